The molecule has 0 saturated carbocycles. The van der Waals surface area contributed by atoms with E-state index in [4.69, 9.17) is 5.73 Å². The molecule has 1 atom stereocenters. The second-order valence-corrected chi connectivity index (χ2v) is 6.65. The van der Waals surface area contributed by atoms with Crippen LogP contribution in [0.1, 0.15) is 26.2 Å². The summed E-state index contributed by atoms with van der Waals surface area (Å²) in [7, 11) is 0. The molecular formula is C18H25N5O2. The van der Waals surface area contributed by atoms with Crippen LogP contribution in [0.15, 0.2) is 30.7 Å². The maximum absolute atomic E-state index is 12.5. The fraction of sp³-hybridized carbons (Fsp3) is 0.500. The average molecular weight is 343 g/mol. The molecule has 0 spiro atoms. The highest BCUT2D eigenvalue weighted by Crippen LogP contribution is 2.16. The molecule has 1 saturated heterocycles. The van der Waals surface area contributed by atoms with Crippen LogP contribution in [0.3, 0.4) is 0 Å². The Morgan fingerprint density at radius 3 is 2.84 bits per heavy atom. The van der Waals surface area contributed by atoms with Crippen LogP contribution in [0.2, 0.25) is 0 Å². The van der Waals surface area contributed by atoms with Gasteiger partial charge in [-0.15, -0.1) is 0 Å². The van der Waals surface area contributed by atoms with Gasteiger partial charge in [0.2, 0.25) is 11.8 Å². The monoisotopic (exact) mass is 343 g/mol. The van der Waals surface area contributed by atoms with E-state index in [1.54, 1.807) is 13.1 Å². The molecule has 134 valence electrons. The molecule has 0 aromatic carbocycles. The third-order valence-electron chi connectivity index (χ3n) is 4.75. The molecule has 7 heteroatoms. The number of hydrogen-bond donors (Lipinski definition) is 2. The van der Waals surface area contributed by atoms with Gasteiger partial charge in [0.15, 0.2) is 0 Å². The number of hydrogen-bond acceptors (Lipinski definition) is 4. The third-order valence-corrected chi connectivity index (χ3v) is 4.75. The molecule has 1 aliphatic heterocycles. The van der Waals surface area contributed by atoms with Gasteiger partial charge < -0.3 is 20.5 Å². The highest BCUT2D eigenvalue weighted by Gasteiger charge is 2.24. The molecule has 3 heterocycles. The Balaban J connectivity index is 1.47. The van der Waals surface area contributed by atoms with Gasteiger partial charge in [-0.3, -0.25) is 14.6 Å². The average Bonchev–Trinajstić information content (AvgIpc) is 3.03. The second kappa shape index (κ2) is 7.65. The van der Waals surface area contributed by atoms with E-state index >= 15 is 0 Å². The summed E-state index contributed by atoms with van der Waals surface area (Å²) in [6.45, 7) is 3.68. The number of likely N-dealkylation sites (tertiary alicyclic amines) is 1. The number of carbonyl (C=O) groups is 2. The Labute approximate surface area is 147 Å². The normalized spacial score (nSPS) is 16.8. The minimum absolute atomic E-state index is 0.113. The lowest BCUT2D eigenvalue weighted by Crippen LogP contribution is -2.49. The Kier molecular flexibility index (Phi) is 5.33. The fourth-order valence-corrected chi connectivity index (χ4v) is 3.20. The molecule has 0 radical (unpaired) electrons. The maximum Gasteiger partial charge on any atom is 0.236 e. The van der Waals surface area contributed by atoms with E-state index in [1.165, 1.54) is 0 Å². The number of pyridine rings is 1. The van der Waals surface area contributed by atoms with Crippen LogP contribution in [0.5, 0.6) is 0 Å². The lowest BCUT2D eigenvalue weighted by molar-refractivity contribution is -0.132. The zero-order chi connectivity index (χ0) is 17.8. The summed E-state index contributed by atoms with van der Waals surface area (Å²) in [5, 5.41) is 4.07. The van der Waals surface area contributed by atoms with Gasteiger partial charge in [-0.05, 0) is 31.9 Å². The van der Waals surface area contributed by atoms with Crippen LogP contribution in [-0.2, 0) is 16.1 Å². The Bertz CT molecular complexity index is 747. The first kappa shape index (κ1) is 17.4. The van der Waals surface area contributed by atoms with Gasteiger partial charge in [0.25, 0.3) is 0 Å². The number of amides is 2. The lowest BCUT2D eigenvalue weighted by atomic mass is 10.0. The van der Waals surface area contributed by atoms with E-state index < -0.39 is 6.04 Å². The zero-order valence-corrected chi connectivity index (χ0v) is 14.5. The summed E-state index contributed by atoms with van der Waals surface area (Å²) in [5.41, 5.74) is 6.62. The van der Waals surface area contributed by atoms with Crippen LogP contribution in [0, 0.1) is 0 Å². The van der Waals surface area contributed by atoms with Crippen LogP contribution >= 0.6 is 0 Å². The van der Waals surface area contributed by atoms with E-state index in [2.05, 4.69) is 14.9 Å². The molecule has 2 amide bonds. The molecule has 2 aromatic rings. The summed E-state index contributed by atoms with van der Waals surface area (Å²) in [6, 6.07) is 3.62. The number of nitrogens with zero attached hydrogens (tertiary/aromatic N) is 3. The molecule has 0 aliphatic carbocycles. The zero-order valence-electron chi connectivity index (χ0n) is 14.5. The Hall–Kier alpha value is -2.41. The molecule has 25 heavy (non-hydrogen) atoms. The van der Waals surface area contributed by atoms with Crippen LogP contribution in [0.4, 0.5) is 0 Å². The van der Waals surface area contributed by atoms with Gasteiger partial charge in [-0.2, -0.15) is 0 Å². The minimum Gasteiger partial charge on any atom is -0.352 e. The minimum atomic E-state index is -0.495. The number of fused-ring (bicyclic) bond motifs is 1. The quantitative estimate of drug-likeness (QED) is 0.843. The molecule has 3 rings (SSSR count). The number of nitrogens with two attached hydrogens (primary N) is 1. The Morgan fingerprint density at radius 1 is 1.36 bits per heavy atom. The predicted molar refractivity (Wildman–Crippen MR) is 95.7 cm³/mol. The van der Waals surface area contributed by atoms with Crippen molar-refractivity contribution in [3.63, 3.8) is 0 Å². The van der Waals surface area contributed by atoms with Crippen molar-refractivity contribution >= 4 is 22.7 Å². The lowest BCUT2D eigenvalue weighted by Gasteiger charge is -2.32. The van der Waals surface area contributed by atoms with Gasteiger partial charge in [0.05, 0.1) is 17.8 Å². The SMILES string of the molecule is CC(N)C(=O)NC1CCN(C(=O)CCn2ccc3ccncc32)CC1. The maximum atomic E-state index is 12.5. The number of piperidine rings is 1. The molecule has 1 fully saturated rings. The van der Waals surface area contributed by atoms with Crippen molar-refractivity contribution in [3.05, 3.63) is 30.7 Å². The molecule has 1 unspecified atom stereocenters. The number of aryl methyl sites for hydroxylation is 1. The van der Waals surface area contributed by atoms with Crippen molar-refractivity contribution < 1.29 is 9.59 Å². The van der Waals surface area contributed by atoms with Crippen molar-refractivity contribution in [1.82, 2.24) is 19.8 Å². The summed E-state index contributed by atoms with van der Waals surface area (Å²) in [4.78, 5) is 30.1. The highest BCUT2D eigenvalue weighted by atomic mass is 16.2. The van der Waals surface area contributed by atoms with Crippen molar-refractivity contribution in [2.24, 2.45) is 5.73 Å². The molecular weight excluding hydrogens is 318 g/mol. The fourth-order valence-electron chi connectivity index (χ4n) is 3.20. The van der Waals surface area contributed by atoms with Gasteiger partial charge in [0.1, 0.15) is 0 Å². The number of carbonyl (C=O) groups excluding carboxylic acids is 2. The van der Waals surface area contributed by atoms with Crippen molar-refractivity contribution in [1.29, 1.82) is 0 Å². The van der Waals surface area contributed by atoms with E-state index in [9.17, 15) is 9.59 Å². The number of nitrogens with one attached hydrogen (secondary N) is 1. The standard InChI is InChI=1S/C18H25N5O2/c1-13(19)18(25)21-15-4-9-23(10-5-15)17(24)6-11-22-8-3-14-2-7-20-12-16(14)22/h2-3,7-8,12-13,15H,4-6,9-11,19H2,1H3,(H,21,25). The molecule has 1 aliphatic rings. The molecule has 3 N–H and O–H groups in total. The van der Waals surface area contributed by atoms with Crippen molar-refractivity contribution in [2.45, 2.75) is 44.8 Å². The van der Waals surface area contributed by atoms with Crippen molar-refractivity contribution in [2.75, 3.05) is 13.1 Å². The second-order valence-electron chi connectivity index (χ2n) is 6.65. The first-order valence-electron chi connectivity index (χ1n) is 8.77. The van der Waals surface area contributed by atoms with E-state index in [-0.39, 0.29) is 17.9 Å². The summed E-state index contributed by atoms with van der Waals surface area (Å²) < 4.78 is 2.07. The van der Waals surface area contributed by atoms with E-state index in [1.807, 2.05) is 29.4 Å². The molecule has 7 nitrogen and oxygen atoms in total. The van der Waals surface area contributed by atoms with Gasteiger partial charge in [-0.25, -0.2) is 0 Å². The summed E-state index contributed by atoms with van der Waals surface area (Å²) >= 11 is 0. The van der Waals surface area contributed by atoms with Gasteiger partial charge >= 0.3 is 0 Å². The van der Waals surface area contributed by atoms with Crippen molar-refractivity contribution in [3.8, 4) is 0 Å². The number of aromatic nitrogens is 2. The largest absolute Gasteiger partial charge is 0.352 e. The Morgan fingerprint density at radius 2 is 2.12 bits per heavy atom. The predicted octanol–water partition coefficient (Wildman–Crippen LogP) is 0.881. The van der Waals surface area contributed by atoms with Crippen LogP contribution < -0.4 is 11.1 Å². The highest BCUT2D eigenvalue weighted by molar-refractivity contribution is 5.81. The van der Waals surface area contributed by atoms with E-state index in [0.29, 0.717) is 26.1 Å². The van der Waals surface area contributed by atoms with E-state index in [0.717, 1.165) is 23.7 Å². The third kappa shape index (κ3) is 4.17. The molecule has 2 aromatic heterocycles. The van der Waals surface area contributed by atoms with Crippen LogP contribution in [-0.4, -0.2) is 51.4 Å². The summed E-state index contributed by atoms with van der Waals surface area (Å²) in [6.07, 6.45) is 7.62. The summed E-state index contributed by atoms with van der Waals surface area (Å²) in [5.74, 6) is 0.0283. The first-order chi connectivity index (χ1) is 12.0. The number of rotatable bonds is 5. The topological polar surface area (TPSA) is 93.3 Å². The van der Waals surface area contributed by atoms with Crippen LogP contribution in [0.25, 0.3) is 10.9 Å². The smallest absolute Gasteiger partial charge is 0.236 e. The van der Waals surface area contributed by atoms with Gasteiger partial charge in [-0.1, -0.05) is 0 Å². The van der Waals surface area contributed by atoms with Gasteiger partial charge in [0, 0.05) is 49.9 Å². The molecule has 0 bridgehead atoms. The first-order valence-corrected chi connectivity index (χ1v) is 8.77.